The third-order valence-corrected chi connectivity index (χ3v) is 3.31. The van der Waals surface area contributed by atoms with Crippen LogP contribution < -0.4 is 10.9 Å². The summed E-state index contributed by atoms with van der Waals surface area (Å²) in [5, 5.41) is 22.0. The zero-order valence-electron chi connectivity index (χ0n) is 10.5. The van der Waals surface area contributed by atoms with E-state index in [1.807, 2.05) is 0 Å². The van der Waals surface area contributed by atoms with E-state index in [9.17, 15) is 19.8 Å². The number of ether oxygens (including phenoxy) is 1. The van der Waals surface area contributed by atoms with Gasteiger partial charge in [0, 0.05) is 31.7 Å². The number of hydrogen-bond donors (Lipinski definition) is 4. The van der Waals surface area contributed by atoms with Crippen LogP contribution in [0.1, 0.15) is 23.7 Å². The molecule has 2 unspecified atom stereocenters. The quantitative estimate of drug-likeness (QED) is 0.582. The predicted molar refractivity (Wildman–Crippen MR) is 66.0 cm³/mol. The van der Waals surface area contributed by atoms with Crippen molar-refractivity contribution >= 4 is 5.91 Å². The summed E-state index contributed by atoms with van der Waals surface area (Å²) in [6.07, 6.45) is 0.0788. The highest BCUT2D eigenvalue weighted by Gasteiger charge is 2.39. The van der Waals surface area contributed by atoms with Crippen molar-refractivity contribution in [1.82, 2.24) is 10.3 Å². The van der Waals surface area contributed by atoms with Gasteiger partial charge in [-0.05, 0) is 6.92 Å². The number of pyridine rings is 1. The number of aromatic amines is 1. The molecule has 1 aromatic rings. The first kappa shape index (κ1) is 13.6. The third-order valence-electron chi connectivity index (χ3n) is 3.31. The van der Waals surface area contributed by atoms with E-state index in [1.54, 1.807) is 6.92 Å². The molecular weight excluding hydrogens is 252 g/mol. The van der Waals surface area contributed by atoms with Crippen LogP contribution in [0.4, 0.5) is 0 Å². The minimum atomic E-state index is -1.10. The normalized spacial score (nSPS) is 26.3. The van der Waals surface area contributed by atoms with E-state index in [-0.39, 0.29) is 24.1 Å². The number of aromatic hydroxyl groups is 1. The van der Waals surface area contributed by atoms with Crippen LogP contribution >= 0.6 is 0 Å². The van der Waals surface area contributed by atoms with Crippen molar-refractivity contribution in [2.75, 3.05) is 13.2 Å². The zero-order chi connectivity index (χ0) is 14.0. The van der Waals surface area contributed by atoms with Crippen LogP contribution in [0.5, 0.6) is 5.88 Å². The van der Waals surface area contributed by atoms with Crippen LogP contribution in [0.3, 0.4) is 0 Å². The molecule has 1 amide bonds. The molecule has 19 heavy (non-hydrogen) atoms. The number of aliphatic hydroxyl groups is 1. The molecule has 2 rings (SSSR count). The number of H-pyrrole nitrogens is 1. The van der Waals surface area contributed by atoms with Crippen molar-refractivity contribution in [3.05, 3.63) is 28.0 Å². The molecule has 4 N–H and O–H groups in total. The minimum absolute atomic E-state index is 0.0283. The van der Waals surface area contributed by atoms with E-state index in [2.05, 4.69) is 10.3 Å². The standard InChI is InChI=1S/C12H16N2O5/c1-7-12(18,2-3-19-7)6-13-11(17)8-4-9(15)14-10(16)5-8/h4-5,7,18H,2-3,6H2,1H3,(H,13,17)(H2,14,15,16). The van der Waals surface area contributed by atoms with E-state index in [4.69, 9.17) is 4.74 Å². The molecule has 2 atom stereocenters. The third kappa shape index (κ3) is 2.94. The minimum Gasteiger partial charge on any atom is -0.494 e. The summed E-state index contributed by atoms with van der Waals surface area (Å²) in [6, 6.07) is 2.23. The molecule has 104 valence electrons. The lowest BCUT2D eigenvalue weighted by atomic mass is 9.96. The molecule has 0 radical (unpaired) electrons. The fourth-order valence-corrected chi connectivity index (χ4v) is 2.00. The Morgan fingerprint density at radius 3 is 2.95 bits per heavy atom. The molecule has 1 saturated heterocycles. The summed E-state index contributed by atoms with van der Waals surface area (Å²) in [4.78, 5) is 25.1. The van der Waals surface area contributed by atoms with Gasteiger partial charge in [-0.1, -0.05) is 0 Å². The van der Waals surface area contributed by atoms with Crippen molar-refractivity contribution in [2.24, 2.45) is 0 Å². The van der Waals surface area contributed by atoms with Gasteiger partial charge in [0.1, 0.15) is 5.60 Å². The van der Waals surface area contributed by atoms with Crippen molar-refractivity contribution < 1.29 is 19.7 Å². The fourth-order valence-electron chi connectivity index (χ4n) is 2.00. The van der Waals surface area contributed by atoms with E-state index in [0.29, 0.717) is 13.0 Å². The highest BCUT2D eigenvalue weighted by molar-refractivity contribution is 5.94. The summed E-state index contributed by atoms with van der Waals surface area (Å²) in [6.45, 7) is 2.21. The highest BCUT2D eigenvalue weighted by atomic mass is 16.5. The van der Waals surface area contributed by atoms with Gasteiger partial charge in [-0.25, -0.2) is 0 Å². The van der Waals surface area contributed by atoms with Crippen molar-refractivity contribution in [2.45, 2.75) is 25.0 Å². The number of carbonyl (C=O) groups is 1. The monoisotopic (exact) mass is 268 g/mol. The fraction of sp³-hybridized carbons (Fsp3) is 0.500. The van der Waals surface area contributed by atoms with Crippen LogP contribution in [0.15, 0.2) is 16.9 Å². The Morgan fingerprint density at radius 1 is 1.63 bits per heavy atom. The molecular formula is C12H16N2O5. The lowest BCUT2D eigenvalue weighted by Crippen LogP contribution is -2.47. The Hall–Kier alpha value is -1.86. The van der Waals surface area contributed by atoms with Crippen molar-refractivity contribution in [1.29, 1.82) is 0 Å². The predicted octanol–water partition coefficient (Wildman–Crippen LogP) is -0.650. The van der Waals surface area contributed by atoms with Gasteiger partial charge in [-0.15, -0.1) is 0 Å². The maximum atomic E-state index is 11.8. The van der Waals surface area contributed by atoms with Gasteiger partial charge in [0.2, 0.25) is 0 Å². The van der Waals surface area contributed by atoms with E-state index >= 15 is 0 Å². The number of amides is 1. The largest absolute Gasteiger partial charge is 0.494 e. The van der Waals surface area contributed by atoms with Gasteiger partial charge in [-0.2, -0.15) is 0 Å². The molecule has 1 aliphatic heterocycles. The number of rotatable bonds is 3. The average molecular weight is 268 g/mol. The van der Waals surface area contributed by atoms with E-state index in [1.165, 1.54) is 0 Å². The number of hydrogen-bond acceptors (Lipinski definition) is 5. The molecule has 0 aromatic carbocycles. The Balaban J connectivity index is 2.03. The van der Waals surface area contributed by atoms with Crippen LogP contribution in [-0.4, -0.2) is 46.0 Å². The van der Waals surface area contributed by atoms with Gasteiger partial charge in [-0.3, -0.25) is 14.6 Å². The first-order valence-corrected chi connectivity index (χ1v) is 5.96. The number of aromatic nitrogens is 1. The zero-order valence-corrected chi connectivity index (χ0v) is 10.5. The summed E-state index contributed by atoms with van der Waals surface area (Å²) < 4.78 is 5.25. The average Bonchev–Trinajstić information content (AvgIpc) is 2.66. The molecule has 0 spiro atoms. The van der Waals surface area contributed by atoms with Crippen LogP contribution in [0.25, 0.3) is 0 Å². The van der Waals surface area contributed by atoms with Gasteiger partial charge < -0.3 is 20.3 Å². The first-order chi connectivity index (χ1) is 8.90. The lowest BCUT2D eigenvalue weighted by Gasteiger charge is -2.26. The maximum absolute atomic E-state index is 11.8. The topological polar surface area (TPSA) is 112 Å². The molecule has 1 aliphatic rings. The van der Waals surface area contributed by atoms with Gasteiger partial charge in [0.15, 0.2) is 5.88 Å². The molecule has 1 fully saturated rings. The highest BCUT2D eigenvalue weighted by Crippen LogP contribution is 2.24. The van der Waals surface area contributed by atoms with Gasteiger partial charge >= 0.3 is 0 Å². The first-order valence-electron chi connectivity index (χ1n) is 5.96. The lowest BCUT2D eigenvalue weighted by molar-refractivity contribution is -0.0251. The summed E-state index contributed by atoms with van der Waals surface area (Å²) in [5.74, 6) is -0.914. The van der Waals surface area contributed by atoms with Gasteiger partial charge in [0.05, 0.1) is 11.7 Å². The second kappa shape index (κ2) is 5.02. The number of carbonyl (C=O) groups excluding carboxylic acids is 1. The summed E-state index contributed by atoms with van der Waals surface area (Å²) in [7, 11) is 0. The van der Waals surface area contributed by atoms with E-state index < -0.39 is 17.1 Å². The van der Waals surface area contributed by atoms with Crippen molar-refractivity contribution in [3.63, 3.8) is 0 Å². The number of nitrogens with one attached hydrogen (secondary N) is 2. The van der Waals surface area contributed by atoms with Crippen LogP contribution in [0, 0.1) is 0 Å². The maximum Gasteiger partial charge on any atom is 0.251 e. The Bertz CT molecular complexity index is 541. The van der Waals surface area contributed by atoms with Crippen molar-refractivity contribution in [3.8, 4) is 5.88 Å². The Kier molecular flexibility index (Phi) is 3.59. The second-order valence-electron chi connectivity index (χ2n) is 4.67. The van der Waals surface area contributed by atoms with Gasteiger partial charge in [0.25, 0.3) is 11.5 Å². The van der Waals surface area contributed by atoms with Crippen LogP contribution in [-0.2, 0) is 4.74 Å². The summed E-state index contributed by atoms with van der Waals surface area (Å²) >= 11 is 0. The van der Waals surface area contributed by atoms with E-state index in [0.717, 1.165) is 12.1 Å². The molecule has 2 heterocycles. The smallest absolute Gasteiger partial charge is 0.251 e. The molecule has 7 heteroatoms. The Morgan fingerprint density at radius 2 is 2.37 bits per heavy atom. The molecule has 0 bridgehead atoms. The second-order valence-corrected chi connectivity index (χ2v) is 4.67. The van der Waals surface area contributed by atoms with Crippen LogP contribution in [0.2, 0.25) is 0 Å². The molecule has 7 nitrogen and oxygen atoms in total. The molecule has 0 saturated carbocycles. The Labute approximate surface area is 109 Å². The summed E-state index contributed by atoms with van der Waals surface area (Å²) in [5.41, 5.74) is -1.63. The molecule has 1 aromatic heterocycles. The molecule has 0 aliphatic carbocycles. The SMILES string of the molecule is CC1OCCC1(O)CNC(=O)c1cc(O)[nH]c(=O)c1.